The second kappa shape index (κ2) is 5.85. The highest BCUT2D eigenvalue weighted by molar-refractivity contribution is 9.11. The van der Waals surface area contributed by atoms with Crippen molar-refractivity contribution in [2.75, 3.05) is 0 Å². The maximum absolute atomic E-state index is 13.1. The van der Waals surface area contributed by atoms with Gasteiger partial charge in [0.1, 0.15) is 5.82 Å². The van der Waals surface area contributed by atoms with Crippen LogP contribution in [0.3, 0.4) is 0 Å². The number of aryl methyl sites for hydroxylation is 1. The molecule has 0 aliphatic rings. The molecule has 0 radical (unpaired) electrons. The minimum absolute atomic E-state index is 0.0324. The van der Waals surface area contributed by atoms with E-state index < -0.39 is 0 Å². The Hall–Kier alpha value is -0.190. The van der Waals surface area contributed by atoms with Gasteiger partial charge in [-0.05, 0) is 53.9 Å². The molecule has 0 nitrogen and oxygen atoms in total. The summed E-state index contributed by atoms with van der Waals surface area (Å²) in [5.41, 5.74) is 3.11. The molecule has 0 fully saturated rings. The number of alkyl halides is 1. The highest BCUT2D eigenvalue weighted by atomic mass is 79.9. The van der Waals surface area contributed by atoms with Crippen LogP contribution in [0.1, 0.15) is 21.5 Å². The molecule has 4 heteroatoms. The number of halogens is 4. The van der Waals surface area contributed by atoms with Gasteiger partial charge >= 0.3 is 0 Å². The predicted molar refractivity (Wildman–Crippen MR) is 83.7 cm³/mol. The first-order valence-electron chi connectivity index (χ1n) is 5.34. The van der Waals surface area contributed by atoms with E-state index >= 15 is 0 Å². The van der Waals surface area contributed by atoms with Crippen LogP contribution in [0.4, 0.5) is 4.39 Å². The van der Waals surface area contributed by atoms with Gasteiger partial charge in [-0.25, -0.2) is 4.39 Å². The van der Waals surface area contributed by atoms with Crippen molar-refractivity contribution in [3.05, 3.63) is 67.9 Å². The molecule has 0 N–H and O–H groups in total. The van der Waals surface area contributed by atoms with Gasteiger partial charge in [0.2, 0.25) is 0 Å². The first-order chi connectivity index (χ1) is 8.49. The number of hydrogen-bond donors (Lipinski definition) is 0. The van der Waals surface area contributed by atoms with Crippen LogP contribution in [-0.2, 0) is 0 Å². The highest BCUT2D eigenvalue weighted by Gasteiger charge is 2.16. The fourth-order valence-corrected chi connectivity index (χ4v) is 3.85. The zero-order valence-electron chi connectivity index (χ0n) is 9.55. The molecule has 0 aliphatic heterocycles. The Balaban J connectivity index is 2.47. The molecule has 2 rings (SSSR count). The van der Waals surface area contributed by atoms with Crippen LogP contribution in [0.15, 0.2) is 45.3 Å². The van der Waals surface area contributed by atoms with Crippen LogP contribution in [0, 0.1) is 12.7 Å². The average Bonchev–Trinajstić information content (AvgIpc) is 2.31. The SMILES string of the molecule is Cc1cc(F)ccc1C(Br)c1cc(Br)ccc1Br. The standard InChI is InChI=1S/C14H10Br3F/c1-8-6-10(18)3-4-11(8)14(17)12-7-9(15)2-5-13(12)16/h2-7,14H,1H3. The zero-order valence-corrected chi connectivity index (χ0v) is 14.3. The lowest BCUT2D eigenvalue weighted by Crippen LogP contribution is -1.97. The Labute approximate surface area is 131 Å². The van der Waals surface area contributed by atoms with E-state index in [1.165, 1.54) is 6.07 Å². The van der Waals surface area contributed by atoms with Crippen molar-refractivity contribution in [2.24, 2.45) is 0 Å². The summed E-state index contributed by atoms with van der Waals surface area (Å²) in [7, 11) is 0. The molecular formula is C14H10Br3F. The molecule has 94 valence electrons. The van der Waals surface area contributed by atoms with Crippen LogP contribution in [0.2, 0.25) is 0 Å². The van der Waals surface area contributed by atoms with E-state index in [-0.39, 0.29) is 10.6 Å². The summed E-state index contributed by atoms with van der Waals surface area (Å²) in [4.78, 5) is 0.0324. The van der Waals surface area contributed by atoms with Crippen LogP contribution >= 0.6 is 47.8 Å². The van der Waals surface area contributed by atoms with E-state index in [0.717, 1.165) is 25.6 Å². The molecule has 0 aliphatic carbocycles. The molecule has 0 saturated heterocycles. The Kier molecular flexibility index (Phi) is 4.62. The molecule has 0 amide bonds. The van der Waals surface area contributed by atoms with Gasteiger partial charge in [-0.2, -0.15) is 0 Å². The van der Waals surface area contributed by atoms with Crippen molar-refractivity contribution in [2.45, 2.75) is 11.8 Å². The number of benzene rings is 2. The quantitative estimate of drug-likeness (QED) is 0.496. The van der Waals surface area contributed by atoms with E-state index in [0.29, 0.717) is 0 Å². The van der Waals surface area contributed by atoms with Crippen LogP contribution in [-0.4, -0.2) is 0 Å². The topological polar surface area (TPSA) is 0 Å². The van der Waals surface area contributed by atoms with E-state index in [9.17, 15) is 4.39 Å². The Morgan fingerprint density at radius 1 is 1.00 bits per heavy atom. The van der Waals surface area contributed by atoms with Crippen molar-refractivity contribution >= 4 is 47.8 Å². The fraction of sp³-hybridized carbons (Fsp3) is 0.143. The van der Waals surface area contributed by atoms with E-state index in [1.54, 1.807) is 6.07 Å². The molecule has 0 heterocycles. The minimum atomic E-state index is -0.204. The second-order valence-corrected chi connectivity index (χ2v) is 6.71. The Bertz CT molecular complexity index is 581. The summed E-state index contributed by atoms with van der Waals surface area (Å²) in [5, 5.41) is 0. The molecular weight excluding hydrogens is 427 g/mol. The Morgan fingerprint density at radius 3 is 2.39 bits per heavy atom. The predicted octanol–water partition coefficient (Wildman–Crippen LogP) is 6.14. The first kappa shape index (κ1) is 14.2. The Morgan fingerprint density at radius 2 is 1.72 bits per heavy atom. The number of hydrogen-bond acceptors (Lipinski definition) is 0. The van der Waals surface area contributed by atoms with Gasteiger partial charge in [-0.3, -0.25) is 0 Å². The van der Waals surface area contributed by atoms with Crippen molar-refractivity contribution in [3.63, 3.8) is 0 Å². The monoisotopic (exact) mass is 434 g/mol. The van der Waals surface area contributed by atoms with Gasteiger partial charge < -0.3 is 0 Å². The van der Waals surface area contributed by atoms with Gasteiger partial charge in [0.25, 0.3) is 0 Å². The summed E-state index contributed by atoms with van der Waals surface area (Å²) >= 11 is 10.7. The molecule has 1 atom stereocenters. The molecule has 0 saturated carbocycles. The fourth-order valence-electron chi connectivity index (χ4n) is 1.80. The largest absolute Gasteiger partial charge is 0.207 e. The lowest BCUT2D eigenvalue weighted by Gasteiger charge is -2.15. The summed E-state index contributed by atoms with van der Waals surface area (Å²) in [5.74, 6) is -0.204. The summed E-state index contributed by atoms with van der Waals surface area (Å²) in [6.45, 7) is 1.92. The smallest absolute Gasteiger partial charge is 0.123 e. The van der Waals surface area contributed by atoms with E-state index in [1.807, 2.05) is 31.2 Å². The third-order valence-corrected chi connectivity index (χ3v) is 4.94. The summed E-state index contributed by atoms with van der Waals surface area (Å²) in [6.07, 6.45) is 0. The lowest BCUT2D eigenvalue weighted by atomic mass is 10.0. The molecule has 0 aromatic heterocycles. The minimum Gasteiger partial charge on any atom is -0.207 e. The van der Waals surface area contributed by atoms with Crippen molar-refractivity contribution in [3.8, 4) is 0 Å². The van der Waals surface area contributed by atoms with Gasteiger partial charge in [0.05, 0.1) is 4.83 Å². The van der Waals surface area contributed by atoms with Crippen molar-refractivity contribution in [1.29, 1.82) is 0 Å². The lowest BCUT2D eigenvalue weighted by molar-refractivity contribution is 0.626. The number of rotatable bonds is 2. The van der Waals surface area contributed by atoms with Crippen LogP contribution in [0.25, 0.3) is 0 Å². The van der Waals surface area contributed by atoms with Gasteiger partial charge in [0.15, 0.2) is 0 Å². The van der Waals surface area contributed by atoms with Gasteiger partial charge in [0, 0.05) is 8.95 Å². The molecule has 0 spiro atoms. The molecule has 2 aromatic carbocycles. The van der Waals surface area contributed by atoms with E-state index in [4.69, 9.17) is 0 Å². The zero-order chi connectivity index (χ0) is 13.3. The van der Waals surface area contributed by atoms with Gasteiger partial charge in [-0.15, -0.1) is 0 Å². The second-order valence-electron chi connectivity index (χ2n) is 4.03. The first-order valence-corrected chi connectivity index (χ1v) is 7.84. The molecule has 2 aromatic rings. The molecule has 18 heavy (non-hydrogen) atoms. The maximum atomic E-state index is 13.1. The third kappa shape index (κ3) is 3.03. The van der Waals surface area contributed by atoms with Crippen molar-refractivity contribution < 1.29 is 4.39 Å². The maximum Gasteiger partial charge on any atom is 0.123 e. The normalized spacial score (nSPS) is 12.5. The summed E-state index contributed by atoms with van der Waals surface area (Å²) < 4.78 is 15.2. The van der Waals surface area contributed by atoms with E-state index in [2.05, 4.69) is 47.8 Å². The van der Waals surface area contributed by atoms with Crippen molar-refractivity contribution in [1.82, 2.24) is 0 Å². The van der Waals surface area contributed by atoms with Gasteiger partial charge in [-0.1, -0.05) is 53.9 Å². The molecule has 0 bridgehead atoms. The highest BCUT2D eigenvalue weighted by Crippen LogP contribution is 2.38. The third-order valence-electron chi connectivity index (χ3n) is 2.74. The average molecular weight is 437 g/mol. The molecule has 1 unspecified atom stereocenters. The van der Waals surface area contributed by atoms with Crippen LogP contribution < -0.4 is 0 Å². The summed E-state index contributed by atoms with van der Waals surface area (Å²) in [6, 6.07) is 10.9. The van der Waals surface area contributed by atoms with Crippen LogP contribution in [0.5, 0.6) is 0 Å².